The first kappa shape index (κ1) is 14.7. The van der Waals surface area contributed by atoms with Crippen LogP contribution in [-0.2, 0) is 4.79 Å². The first-order valence-electron chi connectivity index (χ1n) is 6.51. The number of ether oxygens (including phenoxy) is 1. The topological polar surface area (TPSA) is 58.6 Å². The summed E-state index contributed by atoms with van der Waals surface area (Å²) in [5.74, 6) is -2.43. The molecule has 0 aliphatic heterocycles. The quantitative estimate of drug-likeness (QED) is 0.891. The molecule has 2 unspecified atom stereocenters. The van der Waals surface area contributed by atoms with Crippen molar-refractivity contribution in [1.29, 1.82) is 0 Å². The van der Waals surface area contributed by atoms with Crippen LogP contribution in [0.1, 0.15) is 25.7 Å². The van der Waals surface area contributed by atoms with Gasteiger partial charge in [0.1, 0.15) is 17.5 Å². The number of rotatable bonds is 4. The molecular weight excluding hydrogens is 268 g/mol. The van der Waals surface area contributed by atoms with Crippen molar-refractivity contribution in [1.82, 2.24) is 5.32 Å². The van der Waals surface area contributed by atoms with E-state index in [1.54, 1.807) is 7.05 Å². The Kier molecular flexibility index (Phi) is 4.23. The lowest BCUT2D eigenvalue weighted by Gasteiger charge is -2.37. The summed E-state index contributed by atoms with van der Waals surface area (Å²) in [6.07, 6.45) is 1.65. The predicted octanol–water partition coefficient (Wildman–Crippen LogP) is 2.33. The van der Waals surface area contributed by atoms with E-state index in [1.807, 2.05) is 0 Å². The van der Waals surface area contributed by atoms with E-state index in [4.69, 9.17) is 4.74 Å². The van der Waals surface area contributed by atoms with E-state index < -0.39 is 29.2 Å². The molecule has 0 bridgehead atoms. The number of aliphatic carboxylic acids is 1. The van der Waals surface area contributed by atoms with Gasteiger partial charge in [0, 0.05) is 12.5 Å². The predicted molar refractivity (Wildman–Crippen MR) is 68.7 cm³/mol. The van der Waals surface area contributed by atoms with Gasteiger partial charge < -0.3 is 15.2 Å². The van der Waals surface area contributed by atoms with Crippen LogP contribution in [0.5, 0.6) is 5.75 Å². The van der Waals surface area contributed by atoms with Crippen LogP contribution in [-0.4, -0.2) is 29.8 Å². The zero-order valence-electron chi connectivity index (χ0n) is 11.2. The standard InChI is InChI=1S/C14H17F2NO3/c1-17-14(13(18)19)6-2-3-10(8-14)20-12-5-4-9(15)7-11(12)16/h4-5,7,10,17H,2-3,6,8H2,1H3,(H,18,19). The molecule has 1 fully saturated rings. The SMILES string of the molecule is CNC1(C(=O)O)CCCC(Oc2ccc(F)cc2F)C1. The molecule has 1 saturated carbocycles. The normalized spacial score (nSPS) is 26.2. The van der Waals surface area contributed by atoms with Gasteiger partial charge in [0.25, 0.3) is 0 Å². The molecule has 1 aliphatic carbocycles. The zero-order valence-corrected chi connectivity index (χ0v) is 11.2. The summed E-state index contributed by atoms with van der Waals surface area (Å²) in [5.41, 5.74) is -1.04. The van der Waals surface area contributed by atoms with Crippen LogP contribution in [0.3, 0.4) is 0 Å². The highest BCUT2D eigenvalue weighted by Gasteiger charge is 2.42. The van der Waals surface area contributed by atoms with Gasteiger partial charge in [-0.3, -0.25) is 4.79 Å². The number of nitrogens with one attached hydrogen (secondary N) is 1. The van der Waals surface area contributed by atoms with Crippen molar-refractivity contribution in [3.05, 3.63) is 29.8 Å². The number of halogens is 2. The van der Waals surface area contributed by atoms with Crippen molar-refractivity contribution in [3.8, 4) is 5.75 Å². The van der Waals surface area contributed by atoms with Gasteiger partial charge in [-0.1, -0.05) is 0 Å². The molecule has 1 aromatic carbocycles. The van der Waals surface area contributed by atoms with Gasteiger partial charge in [-0.15, -0.1) is 0 Å². The number of hydrogen-bond donors (Lipinski definition) is 2. The largest absolute Gasteiger partial charge is 0.487 e. The molecule has 0 saturated heterocycles. The minimum absolute atomic E-state index is 0.0475. The van der Waals surface area contributed by atoms with Gasteiger partial charge in [-0.25, -0.2) is 8.78 Å². The first-order valence-corrected chi connectivity index (χ1v) is 6.51. The Morgan fingerprint density at radius 3 is 2.85 bits per heavy atom. The molecule has 2 N–H and O–H groups in total. The van der Waals surface area contributed by atoms with E-state index in [0.29, 0.717) is 19.3 Å². The molecule has 6 heteroatoms. The summed E-state index contributed by atoms with van der Waals surface area (Å²) in [5, 5.41) is 12.1. The van der Waals surface area contributed by atoms with Crippen molar-refractivity contribution in [2.24, 2.45) is 0 Å². The minimum atomic E-state index is -1.04. The molecule has 1 aromatic rings. The first-order chi connectivity index (χ1) is 9.47. The molecular formula is C14H17F2NO3. The van der Waals surface area contributed by atoms with Crippen molar-refractivity contribution in [2.45, 2.75) is 37.3 Å². The minimum Gasteiger partial charge on any atom is -0.487 e. The van der Waals surface area contributed by atoms with E-state index in [9.17, 15) is 18.7 Å². The number of carboxylic acids is 1. The second-order valence-electron chi connectivity index (χ2n) is 5.05. The van der Waals surface area contributed by atoms with Crippen LogP contribution in [0.2, 0.25) is 0 Å². The lowest BCUT2D eigenvalue weighted by Crippen LogP contribution is -2.55. The highest BCUT2D eigenvalue weighted by atomic mass is 19.1. The molecule has 0 radical (unpaired) electrons. The van der Waals surface area contributed by atoms with Gasteiger partial charge >= 0.3 is 5.97 Å². The molecule has 2 rings (SSSR count). The van der Waals surface area contributed by atoms with Crippen LogP contribution in [0.15, 0.2) is 18.2 Å². The fraction of sp³-hybridized carbons (Fsp3) is 0.500. The number of carbonyl (C=O) groups is 1. The van der Waals surface area contributed by atoms with Gasteiger partial charge in [-0.2, -0.15) is 0 Å². The fourth-order valence-electron chi connectivity index (χ4n) is 2.60. The van der Waals surface area contributed by atoms with Gasteiger partial charge in [0.05, 0.1) is 0 Å². The molecule has 0 amide bonds. The van der Waals surface area contributed by atoms with Crippen molar-refractivity contribution >= 4 is 5.97 Å². The smallest absolute Gasteiger partial charge is 0.324 e. The van der Waals surface area contributed by atoms with Crippen LogP contribution in [0.25, 0.3) is 0 Å². The van der Waals surface area contributed by atoms with Crippen LogP contribution in [0, 0.1) is 11.6 Å². The Balaban J connectivity index is 2.11. The van der Waals surface area contributed by atoms with Crippen LogP contribution < -0.4 is 10.1 Å². The summed E-state index contributed by atoms with van der Waals surface area (Å²) in [6, 6.07) is 3.09. The summed E-state index contributed by atoms with van der Waals surface area (Å²) in [4.78, 5) is 11.4. The Morgan fingerprint density at radius 2 is 2.25 bits per heavy atom. The van der Waals surface area contributed by atoms with E-state index in [-0.39, 0.29) is 12.2 Å². The number of likely N-dealkylation sites (N-methyl/N-ethyl adjacent to an activating group) is 1. The maximum absolute atomic E-state index is 13.5. The van der Waals surface area contributed by atoms with Gasteiger partial charge in [0.2, 0.25) is 0 Å². The Morgan fingerprint density at radius 1 is 1.50 bits per heavy atom. The lowest BCUT2D eigenvalue weighted by atomic mass is 9.80. The van der Waals surface area contributed by atoms with Gasteiger partial charge in [0.15, 0.2) is 11.6 Å². The van der Waals surface area contributed by atoms with Crippen molar-refractivity contribution in [3.63, 3.8) is 0 Å². The Hall–Kier alpha value is -1.69. The Labute approximate surface area is 115 Å². The van der Waals surface area contributed by atoms with E-state index in [0.717, 1.165) is 12.1 Å². The average Bonchev–Trinajstić information content (AvgIpc) is 2.42. The number of benzene rings is 1. The number of hydrogen-bond acceptors (Lipinski definition) is 3. The highest BCUT2D eigenvalue weighted by molar-refractivity contribution is 5.79. The summed E-state index contributed by atoms with van der Waals surface area (Å²) in [7, 11) is 1.59. The van der Waals surface area contributed by atoms with E-state index in [1.165, 1.54) is 6.07 Å². The zero-order chi connectivity index (χ0) is 14.8. The molecule has 0 heterocycles. The molecule has 0 aromatic heterocycles. The molecule has 2 atom stereocenters. The fourth-order valence-corrected chi connectivity index (χ4v) is 2.60. The monoisotopic (exact) mass is 285 g/mol. The molecule has 0 spiro atoms. The summed E-state index contributed by atoms with van der Waals surface area (Å²) in [6.45, 7) is 0. The maximum Gasteiger partial charge on any atom is 0.324 e. The molecule has 20 heavy (non-hydrogen) atoms. The molecule has 4 nitrogen and oxygen atoms in total. The maximum atomic E-state index is 13.5. The average molecular weight is 285 g/mol. The number of carboxylic acid groups (broad SMARTS) is 1. The second-order valence-corrected chi connectivity index (χ2v) is 5.05. The third-order valence-corrected chi connectivity index (χ3v) is 3.78. The highest BCUT2D eigenvalue weighted by Crippen LogP contribution is 2.32. The van der Waals surface area contributed by atoms with Crippen LogP contribution >= 0.6 is 0 Å². The Bertz CT molecular complexity index is 509. The van der Waals surface area contributed by atoms with Gasteiger partial charge in [-0.05, 0) is 38.4 Å². The lowest BCUT2D eigenvalue weighted by molar-refractivity contribution is -0.147. The summed E-state index contributed by atoms with van der Waals surface area (Å²) < 4.78 is 31.9. The molecule has 1 aliphatic rings. The van der Waals surface area contributed by atoms with E-state index in [2.05, 4.69) is 5.32 Å². The van der Waals surface area contributed by atoms with Crippen LogP contribution in [0.4, 0.5) is 8.78 Å². The third kappa shape index (κ3) is 2.90. The third-order valence-electron chi connectivity index (χ3n) is 3.78. The van der Waals surface area contributed by atoms with Crippen molar-refractivity contribution in [2.75, 3.05) is 7.05 Å². The van der Waals surface area contributed by atoms with E-state index >= 15 is 0 Å². The molecule has 110 valence electrons. The second kappa shape index (κ2) is 5.75. The summed E-state index contributed by atoms with van der Waals surface area (Å²) >= 11 is 0. The van der Waals surface area contributed by atoms with Crippen molar-refractivity contribution < 1.29 is 23.4 Å².